The number of hydrogen-bond donors (Lipinski definition) is 0. The monoisotopic (exact) mass is 164 g/mol. The van der Waals surface area contributed by atoms with Gasteiger partial charge >= 0.3 is 0 Å². The van der Waals surface area contributed by atoms with E-state index in [1.165, 1.54) is 19.3 Å². The normalized spacial score (nSPS) is 10.2. The number of nitrogens with zero attached hydrogens (tertiary/aromatic N) is 2. The molecule has 1 aromatic rings. The molecular weight excluding hydrogens is 148 g/mol. The molecule has 2 heteroatoms. The lowest BCUT2D eigenvalue weighted by atomic mass is 10.1. The Hall–Kier alpha value is -0.920. The fourth-order valence-corrected chi connectivity index (χ4v) is 1.22. The van der Waals surface area contributed by atoms with Crippen LogP contribution in [0.3, 0.4) is 0 Å². The fraction of sp³-hybridized carbons (Fsp3) is 0.600. The van der Waals surface area contributed by atoms with E-state index in [4.69, 9.17) is 0 Å². The molecule has 0 atom stereocenters. The number of aryl methyl sites for hydroxylation is 2. The third-order valence-electron chi connectivity index (χ3n) is 2.00. The minimum atomic E-state index is 1.08. The van der Waals surface area contributed by atoms with Gasteiger partial charge in [-0.1, -0.05) is 19.8 Å². The van der Waals surface area contributed by atoms with Crippen LogP contribution in [0, 0.1) is 6.92 Å². The summed E-state index contributed by atoms with van der Waals surface area (Å²) in [6, 6.07) is 0. The van der Waals surface area contributed by atoms with Crippen molar-refractivity contribution in [2.45, 2.75) is 39.5 Å². The maximum absolute atomic E-state index is 4.29. The van der Waals surface area contributed by atoms with Gasteiger partial charge in [-0.3, -0.25) is 9.97 Å². The number of hydrogen-bond acceptors (Lipinski definition) is 2. The van der Waals surface area contributed by atoms with Gasteiger partial charge in [-0.2, -0.15) is 0 Å². The summed E-state index contributed by atoms with van der Waals surface area (Å²) >= 11 is 0. The smallest absolute Gasteiger partial charge is 0.0615 e. The molecule has 0 aliphatic rings. The predicted molar refractivity (Wildman–Crippen MR) is 50.0 cm³/mol. The number of unbranched alkanes of at least 4 members (excludes halogenated alkanes) is 2. The number of rotatable bonds is 4. The molecule has 0 fully saturated rings. The maximum Gasteiger partial charge on any atom is 0.0615 e. The molecule has 0 bridgehead atoms. The van der Waals surface area contributed by atoms with Crippen molar-refractivity contribution in [2.24, 2.45) is 0 Å². The third kappa shape index (κ3) is 2.61. The van der Waals surface area contributed by atoms with Crippen LogP contribution in [0.2, 0.25) is 0 Å². The Balaban J connectivity index is 2.46. The summed E-state index contributed by atoms with van der Waals surface area (Å²) in [5.41, 5.74) is 2.24. The summed E-state index contributed by atoms with van der Waals surface area (Å²) in [6.45, 7) is 4.23. The molecule has 0 unspecified atom stereocenters. The largest absolute Gasteiger partial charge is 0.258 e. The Morgan fingerprint density at radius 1 is 1.17 bits per heavy atom. The second-order valence-corrected chi connectivity index (χ2v) is 3.05. The van der Waals surface area contributed by atoms with Gasteiger partial charge in [0, 0.05) is 12.4 Å². The lowest BCUT2D eigenvalue weighted by Crippen LogP contribution is -1.95. The van der Waals surface area contributed by atoms with Crippen molar-refractivity contribution in [2.75, 3.05) is 0 Å². The number of aromatic nitrogens is 2. The van der Waals surface area contributed by atoms with Crippen LogP contribution in [0.1, 0.15) is 37.6 Å². The Morgan fingerprint density at radius 3 is 2.58 bits per heavy atom. The second-order valence-electron chi connectivity index (χ2n) is 3.05. The van der Waals surface area contributed by atoms with Gasteiger partial charge in [0.25, 0.3) is 0 Å². The van der Waals surface area contributed by atoms with Gasteiger partial charge in [0.05, 0.1) is 11.4 Å². The van der Waals surface area contributed by atoms with Crippen LogP contribution in [0.4, 0.5) is 0 Å². The fourth-order valence-electron chi connectivity index (χ4n) is 1.22. The lowest BCUT2D eigenvalue weighted by Gasteiger charge is -2.01. The van der Waals surface area contributed by atoms with Gasteiger partial charge in [-0.15, -0.1) is 0 Å². The summed E-state index contributed by atoms with van der Waals surface area (Å²) in [5.74, 6) is 0. The molecule has 2 nitrogen and oxygen atoms in total. The van der Waals surface area contributed by atoms with Crippen LogP contribution in [0.25, 0.3) is 0 Å². The Bertz CT molecular complexity index is 233. The Labute approximate surface area is 74.1 Å². The SMILES string of the molecule is CCCCCc1nccnc1C. The minimum absolute atomic E-state index is 1.08. The summed E-state index contributed by atoms with van der Waals surface area (Å²) in [4.78, 5) is 8.48. The molecule has 1 rings (SSSR count). The van der Waals surface area contributed by atoms with Gasteiger partial charge in [0.2, 0.25) is 0 Å². The van der Waals surface area contributed by atoms with Gasteiger partial charge < -0.3 is 0 Å². The lowest BCUT2D eigenvalue weighted by molar-refractivity contribution is 0.701. The zero-order valence-corrected chi connectivity index (χ0v) is 7.88. The van der Waals surface area contributed by atoms with E-state index in [0.29, 0.717) is 0 Å². The van der Waals surface area contributed by atoms with Gasteiger partial charge in [-0.25, -0.2) is 0 Å². The molecule has 1 heterocycles. The highest BCUT2D eigenvalue weighted by atomic mass is 14.8. The molecule has 0 N–H and O–H groups in total. The van der Waals surface area contributed by atoms with E-state index in [1.54, 1.807) is 12.4 Å². The van der Waals surface area contributed by atoms with E-state index >= 15 is 0 Å². The summed E-state index contributed by atoms with van der Waals surface area (Å²) in [6.07, 6.45) is 8.38. The molecule has 0 radical (unpaired) electrons. The molecule has 0 spiro atoms. The average molecular weight is 164 g/mol. The first kappa shape index (κ1) is 9.17. The van der Waals surface area contributed by atoms with Crippen LogP contribution < -0.4 is 0 Å². The van der Waals surface area contributed by atoms with E-state index in [1.807, 2.05) is 6.92 Å². The first-order chi connectivity index (χ1) is 5.84. The molecule has 0 saturated carbocycles. The molecule has 0 aromatic carbocycles. The van der Waals surface area contributed by atoms with E-state index in [2.05, 4.69) is 16.9 Å². The molecule has 0 aliphatic heterocycles. The van der Waals surface area contributed by atoms with Crippen LogP contribution >= 0.6 is 0 Å². The van der Waals surface area contributed by atoms with Gasteiger partial charge in [-0.05, 0) is 19.8 Å². The Kier molecular flexibility index (Phi) is 3.71. The predicted octanol–water partition coefficient (Wildman–Crippen LogP) is 2.52. The minimum Gasteiger partial charge on any atom is -0.258 e. The standard InChI is InChI=1S/C10H16N2/c1-3-4-5-6-10-9(2)11-7-8-12-10/h7-8H,3-6H2,1-2H3. The Morgan fingerprint density at radius 2 is 1.92 bits per heavy atom. The molecule has 0 amide bonds. The van der Waals surface area contributed by atoms with Crippen LogP contribution in [0.5, 0.6) is 0 Å². The van der Waals surface area contributed by atoms with Crippen molar-refractivity contribution in [1.82, 2.24) is 9.97 Å². The molecule has 0 aliphatic carbocycles. The summed E-state index contributed by atoms with van der Waals surface area (Å²) < 4.78 is 0. The first-order valence-electron chi connectivity index (χ1n) is 4.61. The van der Waals surface area contributed by atoms with Crippen molar-refractivity contribution in [1.29, 1.82) is 0 Å². The van der Waals surface area contributed by atoms with Crippen LogP contribution in [-0.4, -0.2) is 9.97 Å². The van der Waals surface area contributed by atoms with Crippen molar-refractivity contribution in [3.05, 3.63) is 23.8 Å². The zero-order chi connectivity index (χ0) is 8.81. The van der Waals surface area contributed by atoms with Gasteiger partial charge in [0.15, 0.2) is 0 Å². The van der Waals surface area contributed by atoms with E-state index in [-0.39, 0.29) is 0 Å². The molecule has 1 aromatic heterocycles. The van der Waals surface area contributed by atoms with Crippen molar-refractivity contribution in [3.63, 3.8) is 0 Å². The van der Waals surface area contributed by atoms with Crippen LogP contribution in [-0.2, 0) is 6.42 Å². The topological polar surface area (TPSA) is 25.8 Å². The molecule has 12 heavy (non-hydrogen) atoms. The average Bonchev–Trinajstić information content (AvgIpc) is 2.09. The second kappa shape index (κ2) is 4.86. The third-order valence-corrected chi connectivity index (χ3v) is 2.00. The van der Waals surface area contributed by atoms with Crippen LogP contribution in [0.15, 0.2) is 12.4 Å². The van der Waals surface area contributed by atoms with E-state index in [9.17, 15) is 0 Å². The van der Waals surface area contributed by atoms with Gasteiger partial charge in [0.1, 0.15) is 0 Å². The quantitative estimate of drug-likeness (QED) is 0.639. The summed E-state index contributed by atoms with van der Waals surface area (Å²) in [5, 5.41) is 0. The highest BCUT2D eigenvalue weighted by Crippen LogP contribution is 2.05. The zero-order valence-electron chi connectivity index (χ0n) is 7.88. The van der Waals surface area contributed by atoms with Crippen molar-refractivity contribution < 1.29 is 0 Å². The highest BCUT2D eigenvalue weighted by Gasteiger charge is 1.98. The molecular formula is C10H16N2. The summed E-state index contributed by atoms with van der Waals surface area (Å²) in [7, 11) is 0. The maximum atomic E-state index is 4.29. The highest BCUT2D eigenvalue weighted by molar-refractivity contribution is 5.07. The first-order valence-corrected chi connectivity index (χ1v) is 4.61. The van der Waals surface area contributed by atoms with Crippen molar-refractivity contribution >= 4 is 0 Å². The van der Waals surface area contributed by atoms with E-state index < -0.39 is 0 Å². The van der Waals surface area contributed by atoms with E-state index in [0.717, 1.165) is 17.8 Å². The van der Waals surface area contributed by atoms with Crippen molar-refractivity contribution in [3.8, 4) is 0 Å². The molecule has 66 valence electrons. The molecule has 0 saturated heterocycles.